The van der Waals surface area contributed by atoms with E-state index in [9.17, 15) is 4.79 Å². The number of hydrogen-bond acceptors (Lipinski definition) is 6. The summed E-state index contributed by atoms with van der Waals surface area (Å²) in [6.45, 7) is 2.45. The zero-order valence-corrected chi connectivity index (χ0v) is 18.0. The number of nitrogens with one attached hydrogen (secondary N) is 2. The molecule has 4 heterocycles. The Morgan fingerprint density at radius 3 is 3.06 bits per heavy atom. The molecule has 1 atom stereocenters. The van der Waals surface area contributed by atoms with Crippen molar-refractivity contribution in [3.8, 4) is 17.1 Å². The van der Waals surface area contributed by atoms with Crippen molar-refractivity contribution in [1.82, 2.24) is 39.6 Å². The topological polar surface area (TPSA) is 116 Å². The molecule has 32 heavy (non-hydrogen) atoms. The van der Waals surface area contributed by atoms with Crippen molar-refractivity contribution in [3.63, 3.8) is 0 Å². The number of rotatable bonds is 5. The van der Waals surface area contributed by atoms with Gasteiger partial charge in [0.2, 0.25) is 0 Å². The number of fused-ring (bicyclic) bond motifs is 2. The number of nitrogens with zero attached hydrogens (tertiary/aromatic N) is 6. The number of halogens is 1. The van der Waals surface area contributed by atoms with Gasteiger partial charge in [-0.25, -0.2) is 19.7 Å². The molecule has 0 radical (unpaired) electrons. The Morgan fingerprint density at radius 1 is 1.38 bits per heavy atom. The molecule has 0 fully saturated rings. The van der Waals surface area contributed by atoms with Crippen LogP contribution in [0.15, 0.2) is 49.3 Å². The van der Waals surface area contributed by atoms with E-state index < -0.39 is 6.09 Å². The Morgan fingerprint density at radius 2 is 2.25 bits per heavy atom. The third-order valence-corrected chi connectivity index (χ3v) is 5.25. The highest BCUT2D eigenvalue weighted by atomic mass is 35.5. The number of amides is 1. The number of aromatic nitrogens is 7. The van der Waals surface area contributed by atoms with Crippen LogP contribution in [0.5, 0.6) is 5.75 Å². The van der Waals surface area contributed by atoms with Crippen molar-refractivity contribution in [3.05, 3.63) is 54.3 Å². The van der Waals surface area contributed by atoms with Crippen molar-refractivity contribution < 1.29 is 9.53 Å². The standard InChI is InChI=1S/C21H19ClN8O2/c1-12(10-30-6-5-23-11-30)26-21(31)32-17-9-25-20-19(17)27-15(8-24-20)18-14-4-3-13(22)7-16(14)29(2)28-18/h3-9,11-12H,10H2,1-2H3,(H,24,25)(H,26,31)/t12-/m1/s1. The van der Waals surface area contributed by atoms with Crippen LogP contribution >= 0.6 is 11.6 Å². The highest BCUT2D eigenvalue weighted by molar-refractivity contribution is 6.31. The van der Waals surface area contributed by atoms with Crippen LogP contribution in [0.4, 0.5) is 4.79 Å². The lowest BCUT2D eigenvalue weighted by atomic mass is 10.2. The number of ether oxygens (including phenoxy) is 1. The highest BCUT2D eigenvalue weighted by Gasteiger charge is 2.18. The number of imidazole rings is 1. The van der Waals surface area contributed by atoms with Gasteiger partial charge in [0.25, 0.3) is 0 Å². The van der Waals surface area contributed by atoms with Gasteiger partial charge < -0.3 is 19.6 Å². The van der Waals surface area contributed by atoms with E-state index in [2.05, 4.69) is 30.4 Å². The third-order valence-electron chi connectivity index (χ3n) is 5.01. The van der Waals surface area contributed by atoms with E-state index in [-0.39, 0.29) is 11.8 Å². The van der Waals surface area contributed by atoms with Gasteiger partial charge in [0.1, 0.15) is 11.4 Å². The largest absolute Gasteiger partial charge is 0.413 e. The quantitative estimate of drug-likeness (QED) is 0.423. The molecule has 0 unspecified atom stereocenters. The average molecular weight is 451 g/mol. The van der Waals surface area contributed by atoms with E-state index in [0.29, 0.717) is 34.1 Å². The third kappa shape index (κ3) is 3.76. The van der Waals surface area contributed by atoms with Gasteiger partial charge in [-0.05, 0) is 25.1 Å². The Bertz CT molecular complexity index is 1420. The molecule has 5 aromatic rings. The second kappa shape index (κ2) is 7.97. The predicted molar refractivity (Wildman–Crippen MR) is 119 cm³/mol. The smallest absolute Gasteiger partial charge is 0.406 e. The van der Waals surface area contributed by atoms with Gasteiger partial charge in [-0.1, -0.05) is 11.6 Å². The molecule has 162 valence electrons. The van der Waals surface area contributed by atoms with Gasteiger partial charge in [-0.15, -0.1) is 0 Å². The number of hydrogen-bond donors (Lipinski definition) is 2. The second-order valence-electron chi connectivity index (χ2n) is 7.43. The van der Waals surface area contributed by atoms with Gasteiger partial charge in [-0.2, -0.15) is 5.10 Å². The number of carbonyl (C=O) groups excluding carboxylic acids is 1. The molecule has 10 nitrogen and oxygen atoms in total. The molecule has 4 aromatic heterocycles. The van der Waals surface area contributed by atoms with Gasteiger partial charge in [0, 0.05) is 48.6 Å². The Balaban J connectivity index is 1.40. The summed E-state index contributed by atoms with van der Waals surface area (Å²) in [5.74, 6) is 0.282. The molecule has 5 rings (SSSR count). The molecular formula is C21H19ClN8O2. The monoisotopic (exact) mass is 450 g/mol. The summed E-state index contributed by atoms with van der Waals surface area (Å²) in [6.07, 6.45) is 7.82. The van der Waals surface area contributed by atoms with E-state index in [1.54, 1.807) is 35.7 Å². The summed E-state index contributed by atoms with van der Waals surface area (Å²) in [4.78, 5) is 28.5. The van der Waals surface area contributed by atoms with Crippen molar-refractivity contribution in [2.75, 3.05) is 0 Å². The molecule has 1 amide bonds. The van der Waals surface area contributed by atoms with Gasteiger partial charge in [0.05, 0.1) is 18.0 Å². The molecule has 2 N–H and O–H groups in total. The van der Waals surface area contributed by atoms with Crippen LogP contribution in [0.1, 0.15) is 6.92 Å². The highest BCUT2D eigenvalue weighted by Crippen LogP contribution is 2.30. The fourth-order valence-electron chi connectivity index (χ4n) is 3.57. The minimum absolute atomic E-state index is 0.157. The molecule has 0 saturated carbocycles. The molecule has 1 aromatic carbocycles. The summed E-state index contributed by atoms with van der Waals surface area (Å²) in [5, 5.41) is 8.90. The first-order valence-electron chi connectivity index (χ1n) is 9.89. The van der Waals surface area contributed by atoms with E-state index >= 15 is 0 Å². The lowest BCUT2D eigenvalue weighted by Crippen LogP contribution is -2.37. The van der Waals surface area contributed by atoms with Crippen molar-refractivity contribution >= 4 is 39.8 Å². The van der Waals surface area contributed by atoms with Crippen molar-refractivity contribution in [2.24, 2.45) is 7.05 Å². The van der Waals surface area contributed by atoms with Crippen LogP contribution in [0.3, 0.4) is 0 Å². The number of carbonyl (C=O) groups is 1. The van der Waals surface area contributed by atoms with E-state index in [1.165, 1.54) is 0 Å². The Hall–Kier alpha value is -3.92. The number of H-pyrrole nitrogens is 1. The second-order valence-corrected chi connectivity index (χ2v) is 7.87. The summed E-state index contributed by atoms with van der Waals surface area (Å²) >= 11 is 6.12. The number of benzene rings is 1. The molecule has 0 aliphatic heterocycles. The number of aromatic amines is 1. The van der Waals surface area contributed by atoms with E-state index in [0.717, 1.165) is 10.9 Å². The van der Waals surface area contributed by atoms with Gasteiger partial charge in [-0.3, -0.25) is 4.68 Å². The Labute approximate surface area is 187 Å². The molecule has 0 spiro atoms. The molecule has 0 aliphatic rings. The first-order chi connectivity index (χ1) is 15.5. The SMILES string of the molecule is C[C@H](Cn1ccnc1)NC(=O)Oc1c[nH]c2ncc(-c3nn(C)c4cc(Cl)ccc34)nc12. The van der Waals surface area contributed by atoms with Crippen molar-refractivity contribution in [2.45, 2.75) is 19.5 Å². The molecule has 0 saturated heterocycles. The van der Waals surface area contributed by atoms with Crippen LogP contribution in [0, 0.1) is 0 Å². The minimum atomic E-state index is -0.580. The van der Waals surface area contributed by atoms with E-state index in [1.807, 2.05) is 36.9 Å². The first kappa shape index (κ1) is 20.0. The first-order valence-corrected chi connectivity index (χ1v) is 10.3. The molecular weight excluding hydrogens is 432 g/mol. The zero-order chi connectivity index (χ0) is 22.2. The summed E-state index contributed by atoms with van der Waals surface area (Å²) in [7, 11) is 1.84. The van der Waals surface area contributed by atoms with Crippen LogP contribution in [0.25, 0.3) is 33.5 Å². The van der Waals surface area contributed by atoms with Crippen LogP contribution in [-0.4, -0.2) is 46.4 Å². The fraction of sp³-hybridized carbons (Fsp3) is 0.190. The maximum atomic E-state index is 12.4. The van der Waals surface area contributed by atoms with E-state index in [4.69, 9.17) is 16.3 Å². The van der Waals surface area contributed by atoms with Crippen LogP contribution < -0.4 is 10.1 Å². The summed E-state index contributed by atoms with van der Waals surface area (Å²) in [5.41, 5.74) is 3.05. The lowest BCUT2D eigenvalue weighted by Gasteiger charge is -2.13. The van der Waals surface area contributed by atoms with Crippen LogP contribution in [-0.2, 0) is 13.6 Å². The predicted octanol–water partition coefficient (Wildman–Crippen LogP) is 3.54. The van der Waals surface area contributed by atoms with Gasteiger partial charge in [0.15, 0.2) is 16.9 Å². The zero-order valence-electron chi connectivity index (χ0n) is 17.3. The van der Waals surface area contributed by atoms with Crippen LogP contribution in [0.2, 0.25) is 5.02 Å². The Kier molecular flexibility index (Phi) is 4.98. The van der Waals surface area contributed by atoms with Gasteiger partial charge >= 0.3 is 6.09 Å². The normalized spacial score (nSPS) is 12.3. The number of aryl methyl sites for hydroxylation is 1. The maximum absolute atomic E-state index is 12.4. The van der Waals surface area contributed by atoms with Crippen molar-refractivity contribution in [1.29, 1.82) is 0 Å². The summed E-state index contributed by atoms with van der Waals surface area (Å²) < 4.78 is 9.12. The summed E-state index contributed by atoms with van der Waals surface area (Å²) in [6, 6.07) is 5.39. The molecule has 0 bridgehead atoms. The molecule has 0 aliphatic carbocycles. The average Bonchev–Trinajstić information content (AvgIpc) is 3.48. The fourth-order valence-corrected chi connectivity index (χ4v) is 3.73. The maximum Gasteiger partial charge on any atom is 0.413 e. The minimum Gasteiger partial charge on any atom is -0.406 e. The molecule has 11 heteroatoms. The lowest BCUT2D eigenvalue weighted by molar-refractivity contribution is 0.196.